The average molecular weight is 573 g/mol. The van der Waals surface area contributed by atoms with Gasteiger partial charge in [0.2, 0.25) is 12.2 Å². The summed E-state index contributed by atoms with van der Waals surface area (Å²) in [7, 11) is 2.15. The lowest BCUT2D eigenvalue weighted by molar-refractivity contribution is -0.166. The molecule has 42 heavy (non-hydrogen) atoms. The number of aromatic nitrogens is 1. The molecule has 1 fully saturated rings. The van der Waals surface area contributed by atoms with E-state index in [0.717, 1.165) is 16.7 Å². The molecule has 1 saturated heterocycles. The van der Waals surface area contributed by atoms with Gasteiger partial charge in [-0.25, -0.2) is 19.2 Å². The van der Waals surface area contributed by atoms with Crippen molar-refractivity contribution in [3.05, 3.63) is 100 Å². The molecule has 1 aliphatic rings. The number of benzene rings is 2. The molecule has 0 bridgehead atoms. The van der Waals surface area contributed by atoms with E-state index in [2.05, 4.69) is 28.9 Å². The van der Waals surface area contributed by atoms with E-state index in [9.17, 15) is 29.4 Å². The first-order valence-corrected chi connectivity index (χ1v) is 13.1. The van der Waals surface area contributed by atoms with Gasteiger partial charge in [-0.2, -0.15) is 0 Å². The Morgan fingerprint density at radius 1 is 0.881 bits per heavy atom. The van der Waals surface area contributed by atoms with Gasteiger partial charge >= 0.3 is 23.9 Å². The normalized spacial score (nSPS) is 15.7. The summed E-state index contributed by atoms with van der Waals surface area (Å²) in [6.45, 7) is 4.76. The van der Waals surface area contributed by atoms with E-state index in [1.54, 1.807) is 44.3 Å². The number of aryl methyl sites for hydroxylation is 2. The van der Waals surface area contributed by atoms with E-state index in [1.165, 1.54) is 49.2 Å². The van der Waals surface area contributed by atoms with Crippen LogP contribution in [0.1, 0.15) is 61.9 Å². The number of aliphatic carboxylic acids is 2. The maximum atomic E-state index is 12.2. The predicted molar refractivity (Wildman–Crippen MR) is 153 cm³/mol. The summed E-state index contributed by atoms with van der Waals surface area (Å²) in [6, 6.07) is 14.6. The van der Waals surface area contributed by atoms with Crippen LogP contribution in [0.5, 0.6) is 0 Å². The van der Waals surface area contributed by atoms with Crippen LogP contribution in [0.3, 0.4) is 0 Å². The summed E-state index contributed by atoms with van der Waals surface area (Å²) < 4.78 is 9.64. The summed E-state index contributed by atoms with van der Waals surface area (Å²) in [5.74, 6) is -3.00. The van der Waals surface area contributed by atoms with E-state index < -0.39 is 36.1 Å². The van der Waals surface area contributed by atoms with Crippen LogP contribution in [0.4, 0.5) is 0 Å². The minimum Gasteiger partial charge on any atom is -0.478 e. The lowest BCUT2D eigenvalue weighted by Crippen LogP contribution is -2.45. The van der Waals surface area contributed by atoms with Crippen molar-refractivity contribution < 1.29 is 38.9 Å². The molecular formula is C32H32N2O8. The van der Waals surface area contributed by atoms with Gasteiger partial charge in [0.15, 0.2) is 0 Å². The topological polar surface area (TPSA) is 143 Å². The predicted octanol–water partition coefficient (Wildman–Crippen LogP) is 4.05. The Kier molecular flexibility index (Phi) is 10.9. The van der Waals surface area contributed by atoms with Crippen LogP contribution in [0.25, 0.3) is 0 Å². The molecule has 218 valence electrons. The monoisotopic (exact) mass is 572 g/mol. The molecule has 2 aromatic carbocycles. The van der Waals surface area contributed by atoms with Gasteiger partial charge in [-0.1, -0.05) is 41.3 Å². The minimum atomic E-state index is -2.22. The van der Waals surface area contributed by atoms with Crippen LogP contribution in [0, 0.1) is 26.2 Å². The fourth-order valence-corrected chi connectivity index (χ4v) is 4.28. The van der Waals surface area contributed by atoms with Crippen molar-refractivity contribution in [1.29, 1.82) is 0 Å². The first kappa shape index (κ1) is 31.5. The minimum absolute atomic E-state index is 0.0332. The number of carbonyl (C=O) groups is 4. The molecule has 0 saturated carbocycles. The third kappa shape index (κ3) is 8.49. The Morgan fingerprint density at radius 3 is 1.74 bits per heavy atom. The van der Waals surface area contributed by atoms with Crippen molar-refractivity contribution in [2.75, 3.05) is 13.6 Å². The zero-order valence-electron chi connectivity index (χ0n) is 23.5. The van der Waals surface area contributed by atoms with Gasteiger partial charge in [0.05, 0.1) is 11.1 Å². The van der Waals surface area contributed by atoms with Gasteiger partial charge in [0.25, 0.3) is 0 Å². The number of carboxylic acid groups (broad SMARTS) is 2. The number of hydrogen-bond donors (Lipinski definition) is 2. The lowest BCUT2D eigenvalue weighted by atomic mass is 10.1. The zero-order valence-corrected chi connectivity index (χ0v) is 23.5. The average Bonchev–Trinajstić information content (AvgIpc) is 3.41. The molecule has 0 radical (unpaired) electrons. The molecule has 3 aromatic rings. The van der Waals surface area contributed by atoms with Crippen molar-refractivity contribution in [2.24, 2.45) is 0 Å². The smallest absolute Gasteiger partial charge is 0.349 e. The highest BCUT2D eigenvalue weighted by Gasteiger charge is 2.41. The summed E-state index contributed by atoms with van der Waals surface area (Å²) in [6.07, 6.45) is 7.04. The highest BCUT2D eigenvalue weighted by Crippen LogP contribution is 2.29. The quantitative estimate of drug-likeness (QED) is 0.300. The molecule has 0 aliphatic carbocycles. The number of hydrogen-bond acceptors (Lipinski definition) is 8. The molecule has 1 unspecified atom stereocenters. The van der Waals surface area contributed by atoms with Crippen LogP contribution < -0.4 is 0 Å². The Bertz CT molecular complexity index is 1390. The van der Waals surface area contributed by atoms with E-state index in [4.69, 9.17) is 15.9 Å². The molecule has 0 amide bonds. The fourth-order valence-electron chi connectivity index (χ4n) is 4.28. The molecular weight excluding hydrogens is 540 g/mol. The number of nitrogens with zero attached hydrogens (tertiary/aromatic N) is 2. The van der Waals surface area contributed by atoms with Crippen LogP contribution in [-0.4, -0.2) is 69.8 Å². The van der Waals surface area contributed by atoms with Gasteiger partial charge in [0, 0.05) is 24.0 Å². The van der Waals surface area contributed by atoms with Crippen molar-refractivity contribution in [1.82, 2.24) is 9.88 Å². The molecule has 2 heterocycles. The summed E-state index contributed by atoms with van der Waals surface area (Å²) in [5.41, 5.74) is 3.92. The summed E-state index contributed by atoms with van der Waals surface area (Å²) in [5, 5.41) is 18.6. The second-order valence-electron chi connectivity index (χ2n) is 9.85. The number of carboxylic acids is 2. The molecule has 1 aromatic heterocycles. The highest BCUT2D eigenvalue weighted by molar-refractivity contribution is 5.95. The number of carbonyl (C=O) groups excluding carboxylic acids is 2. The number of rotatable bonds is 8. The van der Waals surface area contributed by atoms with Crippen LogP contribution in [0.2, 0.25) is 0 Å². The third-order valence-corrected chi connectivity index (χ3v) is 6.64. The van der Waals surface area contributed by atoms with Gasteiger partial charge < -0.3 is 19.7 Å². The lowest BCUT2D eigenvalue weighted by Gasteiger charge is -2.21. The third-order valence-electron chi connectivity index (χ3n) is 6.64. The molecule has 1 aliphatic heterocycles. The van der Waals surface area contributed by atoms with Crippen LogP contribution >= 0.6 is 0 Å². The van der Waals surface area contributed by atoms with E-state index in [1.807, 2.05) is 6.20 Å². The Labute approximate surface area is 243 Å². The van der Waals surface area contributed by atoms with Crippen molar-refractivity contribution >= 4 is 23.9 Å². The molecule has 3 atom stereocenters. The maximum absolute atomic E-state index is 12.2. The van der Waals surface area contributed by atoms with E-state index >= 15 is 0 Å². The van der Waals surface area contributed by atoms with E-state index in [0.29, 0.717) is 6.04 Å². The second-order valence-corrected chi connectivity index (χ2v) is 9.85. The molecule has 2 N–H and O–H groups in total. The molecule has 10 nitrogen and oxygen atoms in total. The Hall–Kier alpha value is -5.01. The van der Waals surface area contributed by atoms with Gasteiger partial charge in [0.1, 0.15) is 0 Å². The van der Waals surface area contributed by atoms with Crippen molar-refractivity contribution in [2.45, 2.75) is 44.9 Å². The summed E-state index contributed by atoms with van der Waals surface area (Å²) in [4.78, 5) is 53.9. The van der Waals surface area contributed by atoms with Crippen molar-refractivity contribution in [3.63, 3.8) is 0 Å². The number of ether oxygens (including phenoxy) is 2. The zero-order chi connectivity index (χ0) is 30.8. The standard InChI is InChI=1S/C20H18O8.C12H14N2/c1-11-3-7-13(8-4-11)19(25)27-15(17(21)22)16(18(23)24)28-20(26)14-9-5-12(2)6-10-14;1-3-10-7-11(9-13-8-10)12-5-4-6-14(12)2/h3-10,15-16H,1-2H3,(H,21,22)(H,23,24);1,7-9,12H,4-6H2,2H3/t15-,16-;/m1./s1. The first-order valence-electron chi connectivity index (χ1n) is 13.1. The Balaban J connectivity index is 0.000000287. The second kappa shape index (κ2) is 14.6. The van der Waals surface area contributed by atoms with Crippen molar-refractivity contribution in [3.8, 4) is 12.3 Å². The molecule has 0 spiro atoms. The van der Waals surface area contributed by atoms with Gasteiger partial charge in [-0.3, -0.25) is 9.88 Å². The number of esters is 2. The van der Waals surface area contributed by atoms with Crippen LogP contribution in [0.15, 0.2) is 67.0 Å². The molecule has 10 heteroatoms. The SMILES string of the molecule is C#Cc1cncc(C2CCCN2C)c1.Cc1ccc(C(=O)O[C@@H](C(=O)O)[C@@H](OC(=O)c2ccc(C)cc2)C(=O)O)cc1. The highest BCUT2D eigenvalue weighted by atomic mass is 16.6. The van der Waals surface area contributed by atoms with Gasteiger partial charge in [-0.15, -0.1) is 6.42 Å². The number of terminal acetylenes is 1. The fraction of sp³-hybridized carbons (Fsp3) is 0.281. The summed E-state index contributed by atoms with van der Waals surface area (Å²) >= 11 is 0. The molecule has 4 rings (SSSR count). The number of pyridine rings is 1. The maximum Gasteiger partial charge on any atom is 0.349 e. The van der Waals surface area contributed by atoms with E-state index in [-0.39, 0.29) is 11.1 Å². The largest absolute Gasteiger partial charge is 0.478 e. The Morgan fingerprint density at radius 2 is 1.36 bits per heavy atom. The van der Waals surface area contributed by atoms with Crippen LogP contribution in [-0.2, 0) is 19.1 Å². The first-order chi connectivity index (χ1) is 20.0. The number of likely N-dealkylation sites (tertiary alicyclic amines) is 1. The van der Waals surface area contributed by atoms with Gasteiger partial charge in [-0.05, 0) is 76.2 Å².